The Labute approximate surface area is 102 Å². The van der Waals surface area contributed by atoms with E-state index in [1.165, 1.54) is 0 Å². The van der Waals surface area contributed by atoms with Crippen molar-refractivity contribution in [1.82, 2.24) is 0 Å². The Kier molecular flexibility index (Phi) is 3.98. The largest absolute Gasteiger partial charge is 0.369 e. The average molecular weight is 240 g/mol. The lowest BCUT2D eigenvalue weighted by molar-refractivity contribution is -0.123. The Bertz CT molecular complexity index is 403. The lowest BCUT2D eigenvalue weighted by Gasteiger charge is -2.26. The number of carbonyl (C=O) groups excluding carboxylic acids is 1. The molecule has 0 spiro atoms. The van der Waals surface area contributed by atoms with Crippen LogP contribution in [0.3, 0.4) is 0 Å². The van der Waals surface area contributed by atoms with Crippen LogP contribution in [-0.4, -0.2) is 5.91 Å². The van der Waals surface area contributed by atoms with Gasteiger partial charge < -0.3 is 5.73 Å². The number of halogens is 1. The molecule has 0 aromatic heterocycles. The summed E-state index contributed by atoms with van der Waals surface area (Å²) in [6.07, 6.45) is 1.65. The lowest BCUT2D eigenvalue weighted by atomic mass is 9.78. The van der Waals surface area contributed by atoms with E-state index < -0.39 is 5.41 Å². The highest BCUT2D eigenvalue weighted by Crippen LogP contribution is 2.31. The number of hydrogen-bond acceptors (Lipinski definition) is 1. The minimum absolute atomic E-state index is 0.297. The Morgan fingerprint density at radius 1 is 1.50 bits per heavy atom. The number of carbonyl (C=O) groups is 1. The number of amides is 1. The van der Waals surface area contributed by atoms with Crippen LogP contribution in [0.15, 0.2) is 18.2 Å². The number of primary amides is 1. The highest BCUT2D eigenvalue weighted by atomic mass is 35.5. The third-order valence-electron chi connectivity index (χ3n) is 3.10. The van der Waals surface area contributed by atoms with Gasteiger partial charge in [0, 0.05) is 5.02 Å². The molecular weight excluding hydrogens is 222 g/mol. The van der Waals surface area contributed by atoms with Crippen LogP contribution in [0.4, 0.5) is 0 Å². The maximum Gasteiger partial charge on any atom is 0.227 e. The van der Waals surface area contributed by atoms with Gasteiger partial charge in [0.1, 0.15) is 0 Å². The standard InChI is InChI=1S/C13H18ClNO/c1-4-7-13(3,12(15)16)10-6-5-9(2)11(14)8-10/h5-6,8H,4,7H2,1-3H3,(H2,15,16). The summed E-state index contributed by atoms with van der Waals surface area (Å²) in [6, 6.07) is 5.70. The Hall–Kier alpha value is -1.02. The molecule has 1 aromatic carbocycles. The van der Waals surface area contributed by atoms with Gasteiger partial charge in [0.15, 0.2) is 0 Å². The summed E-state index contributed by atoms with van der Waals surface area (Å²) in [5, 5.41) is 0.682. The number of benzene rings is 1. The summed E-state index contributed by atoms with van der Waals surface area (Å²) in [4.78, 5) is 11.6. The zero-order valence-electron chi connectivity index (χ0n) is 10.0. The SMILES string of the molecule is CCCC(C)(C(N)=O)c1ccc(C)c(Cl)c1. The Balaban J connectivity index is 3.21. The highest BCUT2D eigenvalue weighted by molar-refractivity contribution is 6.31. The molecule has 2 N–H and O–H groups in total. The monoisotopic (exact) mass is 239 g/mol. The second-order valence-electron chi connectivity index (χ2n) is 4.41. The molecule has 0 aliphatic heterocycles. The minimum atomic E-state index is -0.619. The van der Waals surface area contributed by atoms with Gasteiger partial charge in [0.05, 0.1) is 5.41 Å². The van der Waals surface area contributed by atoms with Gasteiger partial charge in [-0.25, -0.2) is 0 Å². The first-order valence-corrected chi connectivity index (χ1v) is 5.86. The summed E-state index contributed by atoms with van der Waals surface area (Å²) < 4.78 is 0. The van der Waals surface area contributed by atoms with Gasteiger partial charge in [-0.05, 0) is 37.5 Å². The first-order valence-electron chi connectivity index (χ1n) is 5.48. The fourth-order valence-corrected chi connectivity index (χ4v) is 2.03. The molecule has 88 valence electrons. The molecule has 0 radical (unpaired) electrons. The number of rotatable bonds is 4. The summed E-state index contributed by atoms with van der Waals surface area (Å²) in [7, 11) is 0. The molecule has 0 aliphatic rings. The molecule has 1 atom stereocenters. The molecule has 3 heteroatoms. The van der Waals surface area contributed by atoms with Crippen LogP contribution in [0.5, 0.6) is 0 Å². The zero-order valence-corrected chi connectivity index (χ0v) is 10.8. The van der Waals surface area contributed by atoms with Crippen molar-refractivity contribution < 1.29 is 4.79 Å². The fourth-order valence-electron chi connectivity index (χ4n) is 1.85. The van der Waals surface area contributed by atoms with Crippen molar-refractivity contribution in [3.63, 3.8) is 0 Å². The number of nitrogens with two attached hydrogens (primary N) is 1. The van der Waals surface area contributed by atoms with Crippen LogP contribution in [0.2, 0.25) is 5.02 Å². The van der Waals surface area contributed by atoms with E-state index in [0.29, 0.717) is 5.02 Å². The molecule has 16 heavy (non-hydrogen) atoms. The average Bonchev–Trinajstić information content (AvgIpc) is 2.22. The van der Waals surface area contributed by atoms with E-state index in [4.69, 9.17) is 17.3 Å². The quantitative estimate of drug-likeness (QED) is 0.862. The molecule has 0 saturated heterocycles. The van der Waals surface area contributed by atoms with Gasteiger partial charge in [0.2, 0.25) is 5.91 Å². The number of aryl methyl sites for hydroxylation is 1. The smallest absolute Gasteiger partial charge is 0.227 e. The van der Waals surface area contributed by atoms with E-state index in [2.05, 4.69) is 0 Å². The topological polar surface area (TPSA) is 43.1 Å². The van der Waals surface area contributed by atoms with Crippen molar-refractivity contribution in [2.75, 3.05) is 0 Å². The number of hydrogen-bond donors (Lipinski definition) is 1. The van der Waals surface area contributed by atoms with Gasteiger partial charge in [-0.15, -0.1) is 0 Å². The molecule has 0 bridgehead atoms. The molecular formula is C13H18ClNO. The molecule has 1 amide bonds. The lowest BCUT2D eigenvalue weighted by Crippen LogP contribution is -2.38. The molecule has 0 heterocycles. The molecule has 1 unspecified atom stereocenters. The molecule has 1 rings (SSSR count). The van der Waals surface area contributed by atoms with Crippen molar-refractivity contribution in [3.05, 3.63) is 34.3 Å². The fraction of sp³-hybridized carbons (Fsp3) is 0.462. The van der Waals surface area contributed by atoms with Gasteiger partial charge in [-0.1, -0.05) is 37.1 Å². The van der Waals surface area contributed by atoms with E-state index in [0.717, 1.165) is 24.0 Å². The highest BCUT2D eigenvalue weighted by Gasteiger charge is 2.32. The van der Waals surface area contributed by atoms with Crippen LogP contribution in [-0.2, 0) is 10.2 Å². The molecule has 1 aromatic rings. The van der Waals surface area contributed by atoms with Gasteiger partial charge in [0.25, 0.3) is 0 Å². The zero-order chi connectivity index (χ0) is 12.3. The second-order valence-corrected chi connectivity index (χ2v) is 4.82. The van der Waals surface area contributed by atoms with Gasteiger partial charge >= 0.3 is 0 Å². The van der Waals surface area contributed by atoms with E-state index in [9.17, 15) is 4.79 Å². The molecule has 2 nitrogen and oxygen atoms in total. The first kappa shape index (κ1) is 13.0. The Morgan fingerprint density at radius 2 is 2.12 bits per heavy atom. The van der Waals surface area contributed by atoms with Crippen LogP contribution in [0.25, 0.3) is 0 Å². The predicted molar refractivity (Wildman–Crippen MR) is 67.6 cm³/mol. The first-order chi connectivity index (χ1) is 7.41. The third kappa shape index (κ3) is 2.38. The van der Waals surface area contributed by atoms with Crippen LogP contribution >= 0.6 is 11.6 Å². The van der Waals surface area contributed by atoms with E-state index in [-0.39, 0.29) is 5.91 Å². The normalized spacial score (nSPS) is 14.5. The van der Waals surface area contributed by atoms with Crippen LogP contribution < -0.4 is 5.73 Å². The summed E-state index contributed by atoms with van der Waals surface area (Å²) >= 11 is 6.07. The maximum atomic E-state index is 11.6. The molecule has 0 saturated carbocycles. The van der Waals surface area contributed by atoms with E-state index in [1.54, 1.807) is 0 Å². The van der Waals surface area contributed by atoms with E-state index >= 15 is 0 Å². The molecule has 0 fully saturated rings. The minimum Gasteiger partial charge on any atom is -0.369 e. The Morgan fingerprint density at radius 3 is 2.56 bits per heavy atom. The summed E-state index contributed by atoms with van der Waals surface area (Å²) in [6.45, 7) is 5.85. The van der Waals surface area contributed by atoms with Gasteiger partial charge in [-0.3, -0.25) is 4.79 Å². The predicted octanol–water partition coefficient (Wildman–Crippen LogP) is 3.19. The van der Waals surface area contributed by atoms with Crippen molar-refractivity contribution in [1.29, 1.82) is 0 Å². The van der Waals surface area contributed by atoms with Crippen molar-refractivity contribution in [2.45, 2.75) is 39.0 Å². The summed E-state index contributed by atoms with van der Waals surface area (Å²) in [5.41, 5.74) is 6.78. The summed E-state index contributed by atoms with van der Waals surface area (Å²) in [5.74, 6) is -0.297. The van der Waals surface area contributed by atoms with Gasteiger partial charge in [-0.2, -0.15) is 0 Å². The van der Waals surface area contributed by atoms with Crippen molar-refractivity contribution >= 4 is 17.5 Å². The molecule has 0 aliphatic carbocycles. The van der Waals surface area contributed by atoms with Crippen molar-refractivity contribution in [3.8, 4) is 0 Å². The maximum absolute atomic E-state index is 11.6. The third-order valence-corrected chi connectivity index (χ3v) is 3.51. The van der Waals surface area contributed by atoms with E-state index in [1.807, 2.05) is 39.0 Å². The van der Waals surface area contributed by atoms with Crippen LogP contribution in [0, 0.1) is 6.92 Å². The van der Waals surface area contributed by atoms with Crippen molar-refractivity contribution in [2.24, 2.45) is 5.73 Å². The second kappa shape index (κ2) is 4.88. The van der Waals surface area contributed by atoms with Crippen LogP contribution in [0.1, 0.15) is 37.8 Å².